The minimum absolute atomic E-state index is 0.151. The van der Waals surface area contributed by atoms with Crippen molar-refractivity contribution in [3.63, 3.8) is 0 Å². The summed E-state index contributed by atoms with van der Waals surface area (Å²) in [7, 11) is 0. The summed E-state index contributed by atoms with van der Waals surface area (Å²) in [6.45, 7) is 0.467. The van der Waals surface area contributed by atoms with E-state index >= 15 is 0 Å². The number of halogens is 1. The van der Waals surface area contributed by atoms with Crippen molar-refractivity contribution < 1.29 is 13.6 Å². The van der Waals surface area contributed by atoms with E-state index in [1.807, 2.05) is 34.2 Å². The van der Waals surface area contributed by atoms with Gasteiger partial charge in [0.2, 0.25) is 5.91 Å². The average Bonchev–Trinajstić information content (AvgIpc) is 3.44. The van der Waals surface area contributed by atoms with Crippen molar-refractivity contribution in [2.24, 2.45) is 0 Å². The molecule has 0 aliphatic carbocycles. The van der Waals surface area contributed by atoms with Gasteiger partial charge in [0.15, 0.2) is 11.0 Å². The summed E-state index contributed by atoms with van der Waals surface area (Å²) in [6.07, 6.45) is 1.62. The normalized spacial score (nSPS) is 10.9. The van der Waals surface area contributed by atoms with Gasteiger partial charge in [0.25, 0.3) is 0 Å². The SMILES string of the molecule is O=C(CSc1nnc(-c2cccs2)n1Cc1ccco1)Nc1ccc(F)cc1. The van der Waals surface area contributed by atoms with Gasteiger partial charge >= 0.3 is 0 Å². The van der Waals surface area contributed by atoms with Crippen LogP contribution in [0, 0.1) is 5.82 Å². The van der Waals surface area contributed by atoms with Crippen LogP contribution in [0.25, 0.3) is 10.7 Å². The Morgan fingerprint density at radius 2 is 2.04 bits per heavy atom. The van der Waals surface area contributed by atoms with Gasteiger partial charge in [-0.15, -0.1) is 21.5 Å². The zero-order valence-electron chi connectivity index (χ0n) is 14.5. The highest BCUT2D eigenvalue weighted by molar-refractivity contribution is 7.99. The van der Waals surface area contributed by atoms with Crippen molar-refractivity contribution in [1.82, 2.24) is 14.8 Å². The second-order valence-corrected chi connectivity index (χ2v) is 7.68. The van der Waals surface area contributed by atoms with E-state index in [1.54, 1.807) is 17.6 Å². The maximum atomic E-state index is 13.0. The maximum Gasteiger partial charge on any atom is 0.234 e. The van der Waals surface area contributed by atoms with Crippen molar-refractivity contribution in [3.8, 4) is 10.7 Å². The number of rotatable bonds is 7. The van der Waals surface area contributed by atoms with Gasteiger partial charge in [-0.3, -0.25) is 9.36 Å². The van der Waals surface area contributed by atoms with E-state index in [9.17, 15) is 9.18 Å². The number of hydrogen-bond acceptors (Lipinski definition) is 6. The smallest absolute Gasteiger partial charge is 0.234 e. The van der Waals surface area contributed by atoms with E-state index in [-0.39, 0.29) is 17.5 Å². The first-order valence-corrected chi connectivity index (χ1v) is 10.2. The Morgan fingerprint density at radius 1 is 1.18 bits per heavy atom. The number of hydrogen-bond donors (Lipinski definition) is 1. The van der Waals surface area contributed by atoms with Crippen molar-refractivity contribution >= 4 is 34.7 Å². The predicted molar refractivity (Wildman–Crippen MR) is 107 cm³/mol. The second kappa shape index (κ2) is 8.41. The van der Waals surface area contributed by atoms with Crippen LogP contribution in [0.4, 0.5) is 10.1 Å². The number of amides is 1. The molecule has 0 saturated carbocycles. The van der Waals surface area contributed by atoms with E-state index in [0.29, 0.717) is 17.4 Å². The molecule has 0 aliphatic heterocycles. The largest absolute Gasteiger partial charge is 0.467 e. The molecule has 3 aromatic heterocycles. The number of anilines is 1. The lowest BCUT2D eigenvalue weighted by molar-refractivity contribution is -0.113. The standard InChI is InChI=1S/C19H15FN4O2S2/c20-13-5-7-14(8-6-13)21-17(25)12-28-19-23-22-18(16-4-2-10-27-16)24(19)11-15-3-1-9-26-15/h1-10H,11-12H2,(H,21,25). The summed E-state index contributed by atoms with van der Waals surface area (Å²) in [5.41, 5.74) is 0.545. The van der Waals surface area contributed by atoms with Crippen LogP contribution in [0.2, 0.25) is 0 Å². The Labute approximate surface area is 168 Å². The van der Waals surface area contributed by atoms with E-state index in [4.69, 9.17) is 4.42 Å². The van der Waals surface area contributed by atoms with Crippen LogP contribution < -0.4 is 5.32 Å². The highest BCUT2D eigenvalue weighted by Crippen LogP contribution is 2.28. The summed E-state index contributed by atoms with van der Waals surface area (Å²) in [5.74, 6) is 1.10. The number of carbonyl (C=O) groups is 1. The fourth-order valence-electron chi connectivity index (χ4n) is 2.54. The summed E-state index contributed by atoms with van der Waals surface area (Å²) in [4.78, 5) is 13.2. The quantitative estimate of drug-likeness (QED) is 0.450. The molecule has 9 heteroatoms. The number of carbonyl (C=O) groups excluding carboxylic acids is 1. The van der Waals surface area contributed by atoms with Gasteiger partial charge in [-0.1, -0.05) is 17.8 Å². The van der Waals surface area contributed by atoms with Crippen LogP contribution in [0.1, 0.15) is 5.76 Å². The van der Waals surface area contributed by atoms with Gasteiger partial charge in [-0.05, 0) is 47.8 Å². The van der Waals surface area contributed by atoms with Gasteiger partial charge in [0.1, 0.15) is 11.6 Å². The van der Waals surface area contributed by atoms with Crippen LogP contribution in [0.15, 0.2) is 69.7 Å². The summed E-state index contributed by atoms with van der Waals surface area (Å²) >= 11 is 2.85. The monoisotopic (exact) mass is 414 g/mol. The first-order valence-electron chi connectivity index (χ1n) is 8.37. The highest BCUT2D eigenvalue weighted by atomic mass is 32.2. The Kier molecular flexibility index (Phi) is 5.54. The average molecular weight is 414 g/mol. The number of benzene rings is 1. The molecule has 3 heterocycles. The molecule has 6 nitrogen and oxygen atoms in total. The van der Waals surface area contributed by atoms with Gasteiger partial charge in [0, 0.05) is 5.69 Å². The highest BCUT2D eigenvalue weighted by Gasteiger charge is 2.17. The van der Waals surface area contributed by atoms with Crippen LogP contribution in [0.3, 0.4) is 0 Å². The number of furan rings is 1. The minimum atomic E-state index is -0.348. The topological polar surface area (TPSA) is 73.0 Å². The lowest BCUT2D eigenvalue weighted by Gasteiger charge is -2.08. The lowest BCUT2D eigenvalue weighted by Crippen LogP contribution is -2.14. The zero-order chi connectivity index (χ0) is 19.3. The molecule has 0 bridgehead atoms. The molecule has 0 unspecified atom stereocenters. The molecule has 0 saturated heterocycles. The summed E-state index contributed by atoms with van der Waals surface area (Å²) in [5, 5.41) is 13.9. The molecule has 4 rings (SSSR count). The maximum absolute atomic E-state index is 13.0. The molecular weight excluding hydrogens is 399 g/mol. The van der Waals surface area contributed by atoms with Gasteiger partial charge in [-0.25, -0.2) is 4.39 Å². The first-order chi connectivity index (χ1) is 13.7. The number of nitrogens with one attached hydrogen (secondary N) is 1. The van der Waals surface area contributed by atoms with Crippen molar-refractivity contribution in [3.05, 3.63) is 71.8 Å². The second-order valence-electron chi connectivity index (χ2n) is 5.79. The number of thioether (sulfide) groups is 1. The van der Waals surface area contributed by atoms with E-state index < -0.39 is 0 Å². The molecule has 28 heavy (non-hydrogen) atoms. The van der Waals surface area contributed by atoms with E-state index in [0.717, 1.165) is 16.5 Å². The molecule has 142 valence electrons. The third-order valence-electron chi connectivity index (χ3n) is 3.81. The van der Waals surface area contributed by atoms with Crippen LogP contribution in [-0.2, 0) is 11.3 Å². The minimum Gasteiger partial charge on any atom is -0.467 e. The molecular formula is C19H15FN4O2S2. The Bertz CT molecular complexity index is 1040. The number of thiophene rings is 1. The third-order valence-corrected chi connectivity index (χ3v) is 5.65. The molecule has 0 radical (unpaired) electrons. The van der Waals surface area contributed by atoms with Gasteiger partial charge in [0.05, 0.1) is 23.4 Å². The van der Waals surface area contributed by atoms with Crippen molar-refractivity contribution in [2.45, 2.75) is 11.7 Å². The lowest BCUT2D eigenvalue weighted by atomic mass is 10.3. The summed E-state index contributed by atoms with van der Waals surface area (Å²) in [6, 6.07) is 13.3. The van der Waals surface area contributed by atoms with Gasteiger partial charge < -0.3 is 9.73 Å². The first kappa shape index (κ1) is 18.5. The summed E-state index contributed by atoms with van der Waals surface area (Å²) < 4.78 is 20.4. The van der Waals surface area contributed by atoms with Crippen LogP contribution in [0.5, 0.6) is 0 Å². The molecule has 0 atom stereocenters. The zero-order valence-corrected chi connectivity index (χ0v) is 16.2. The molecule has 1 amide bonds. The fraction of sp³-hybridized carbons (Fsp3) is 0.105. The molecule has 1 N–H and O–H groups in total. The van der Waals surface area contributed by atoms with Crippen molar-refractivity contribution in [1.29, 1.82) is 0 Å². The Morgan fingerprint density at radius 3 is 2.75 bits per heavy atom. The van der Waals surface area contributed by atoms with Gasteiger partial charge in [-0.2, -0.15) is 0 Å². The molecule has 4 aromatic rings. The Hall–Kier alpha value is -2.91. The van der Waals surface area contributed by atoms with E-state index in [1.165, 1.54) is 36.0 Å². The molecule has 0 fully saturated rings. The number of nitrogens with zero attached hydrogens (tertiary/aromatic N) is 3. The Balaban J connectivity index is 1.49. The molecule has 1 aromatic carbocycles. The molecule has 0 aliphatic rings. The number of aromatic nitrogens is 3. The van der Waals surface area contributed by atoms with Crippen LogP contribution >= 0.6 is 23.1 Å². The fourth-order valence-corrected chi connectivity index (χ4v) is 4.00. The third kappa shape index (κ3) is 4.32. The van der Waals surface area contributed by atoms with Crippen molar-refractivity contribution in [2.75, 3.05) is 11.1 Å². The van der Waals surface area contributed by atoms with Crippen LogP contribution in [-0.4, -0.2) is 26.4 Å². The van der Waals surface area contributed by atoms with E-state index in [2.05, 4.69) is 15.5 Å². The predicted octanol–water partition coefficient (Wildman–Crippen LogP) is 4.52. The molecule has 0 spiro atoms.